The number of rotatable bonds is 2. The van der Waals surface area contributed by atoms with Gasteiger partial charge in [-0.05, 0) is 30.2 Å². The summed E-state index contributed by atoms with van der Waals surface area (Å²) in [5, 5.41) is 0. The van der Waals surface area contributed by atoms with Gasteiger partial charge in [-0.3, -0.25) is 9.36 Å². The lowest BCUT2D eigenvalue weighted by molar-refractivity contribution is 0.0957. The van der Waals surface area contributed by atoms with Gasteiger partial charge in [0.2, 0.25) is 0 Å². The Morgan fingerprint density at radius 3 is 2.20 bits per heavy atom. The minimum Gasteiger partial charge on any atom is -0.270 e. The minimum atomic E-state index is -0.0559. The van der Waals surface area contributed by atoms with Gasteiger partial charge in [0.15, 0.2) is 0 Å². The van der Waals surface area contributed by atoms with Crippen molar-refractivity contribution in [2.24, 2.45) is 0 Å². The molecule has 3 heteroatoms. The Morgan fingerprint density at radius 2 is 1.60 bits per heavy atom. The topological polar surface area (TPSA) is 34.9 Å². The lowest BCUT2D eigenvalue weighted by Crippen LogP contribution is -2.12. The van der Waals surface area contributed by atoms with Crippen LogP contribution < -0.4 is 0 Å². The molecule has 0 saturated heterocycles. The molecule has 0 unspecified atom stereocenters. The number of carbonyl (C=O) groups is 1. The number of imidazole rings is 1. The van der Waals surface area contributed by atoms with Gasteiger partial charge in [-0.25, -0.2) is 4.98 Å². The van der Waals surface area contributed by atoms with Gasteiger partial charge < -0.3 is 0 Å². The van der Waals surface area contributed by atoms with Crippen LogP contribution in [0.25, 0.3) is 11.1 Å². The quantitative estimate of drug-likeness (QED) is 0.708. The van der Waals surface area contributed by atoms with Gasteiger partial charge in [-0.2, -0.15) is 0 Å². The van der Waals surface area contributed by atoms with Crippen molar-refractivity contribution in [3.63, 3.8) is 0 Å². The molecule has 0 fully saturated rings. The highest BCUT2D eigenvalue weighted by atomic mass is 16.2. The van der Waals surface area contributed by atoms with Gasteiger partial charge in [0.1, 0.15) is 5.82 Å². The second kappa shape index (κ2) is 5.13. The van der Waals surface area contributed by atoms with Gasteiger partial charge in [-0.1, -0.05) is 42.5 Å². The summed E-state index contributed by atoms with van der Waals surface area (Å²) >= 11 is 0. The first kappa shape index (κ1) is 12.4. The maximum absolute atomic E-state index is 12.3. The average molecular weight is 262 g/mol. The number of carbonyl (C=O) groups excluding carboxylic acids is 1. The van der Waals surface area contributed by atoms with Crippen molar-refractivity contribution >= 4 is 5.91 Å². The molecule has 3 aromatic rings. The number of benzene rings is 2. The van der Waals surface area contributed by atoms with E-state index in [2.05, 4.69) is 17.1 Å². The van der Waals surface area contributed by atoms with Crippen molar-refractivity contribution < 1.29 is 4.79 Å². The van der Waals surface area contributed by atoms with Crippen LogP contribution in [0.4, 0.5) is 0 Å². The fourth-order valence-electron chi connectivity index (χ4n) is 2.17. The van der Waals surface area contributed by atoms with Crippen LogP contribution in [-0.4, -0.2) is 15.5 Å². The van der Waals surface area contributed by atoms with E-state index < -0.39 is 0 Å². The molecule has 0 bridgehead atoms. The second-order valence-corrected chi connectivity index (χ2v) is 4.59. The first-order valence-electron chi connectivity index (χ1n) is 6.46. The lowest BCUT2D eigenvalue weighted by Gasteiger charge is -2.05. The molecular weight excluding hydrogens is 248 g/mol. The molecule has 0 aliphatic rings. The van der Waals surface area contributed by atoms with Crippen LogP contribution in [-0.2, 0) is 0 Å². The van der Waals surface area contributed by atoms with Crippen molar-refractivity contribution in [2.75, 3.05) is 0 Å². The summed E-state index contributed by atoms with van der Waals surface area (Å²) in [6.45, 7) is 1.82. The van der Waals surface area contributed by atoms with Crippen molar-refractivity contribution in [2.45, 2.75) is 6.92 Å². The monoisotopic (exact) mass is 262 g/mol. The molecule has 1 heterocycles. The minimum absolute atomic E-state index is 0.0559. The van der Waals surface area contributed by atoms with Crippen LogP contribution in [0.2, 0.25) is 0 Å². The molecule has 0 N–H and O–H groups in total. The maximum atomic E-state index is 12.3. The number of aryl methyl sites for hydroxylation is 1. The molecule has 2 aromatic carbocycles. The highest BCUT2D eigenvalue weighted by Gasteiger charge is 2.10. The van der Waals surface area contributed by atoms with E-state index in [1.165, 1.54) is 0 Å². The van der Waals surface area contributed by atoms with Gasteiger partial charge in [0, 0.05) is 18.0 Å². The fraction of sp³-hybridized carbons (Fsp3) is 0.0588. The Balaban J connectivity index is 1.91. The molecular formula is C17H14N2O. The first-order chi connectivity index (χ1) is 9.75. The van der Waals surface area contributed by atoms with E-state index in [1.54, 1.807) is 17.0 Å². The SMILES string of the molecule is Cc1nccn1C(=O)c1ccc(-c2ccccc2)cc1. The van der Waals surface area contributed by atoms with E-state index in [-0.39, 0.29) is 5.91 Å². The third-order valence-electron chi connectivity index (χ3n) is 3.28. The molecule has 20 heavy (non-hydrogen) atoms. The molecule has 0 spiro atoms. The molecule has 0 aliphatic heterocycles. The average Bonchev–Trinajstić information content (AvgIpc) is 2.94. The van der Waals surface area contributed by atoms with Crippen molar-refractivity contribution in [1.82, 2.24) is 9.55 Å². The molecule has 0 atom stereocenters. The van der Waals surface area contributed by atoms with Crippen LogP contribution >= 0.6 is 0 Å². The van der Waals surface area contributed by atoms with E-state index in [1.807, 2.05) is 49.4 Å². The molecule has 3 rings (SSSR count). The van der Waals surface area contributed by atoms with E-state index in [9.17, 15) is 4.79 Å². The van der Waals surface area contributed by atoms with E-state index >= 15 is 0 Å². The van der Waals surface area contributed by atoms with E-state index in [0.717, 1.165) is 11.1 Å². The van der Waals surface area contributed by atoms with Crippen LogP contribution in [0.3, 0.4) is 0 Å². The van der Waals surface area contributed by atoms with Crippen molar-refractivity contribution in [3.8, 4) is 11.1 Å². The van der Waals surface area contributed by atoms with Crippen LogP contribution in [0.5, 0.6) is 0 Å². The molecule has 0 saturated carbocycles. The van der Waals surface area contributed by atoms with Gasteiger partial charge in [-0.15, -0.1) is 0 Å². The molecule has 0 aliphatic carbocycles. The maximum Gasteiger partial charge on any atom is 0.263 e. The Labute approximate surface area is 117 Å². The summed E-state index contributed by atoms with van der Waals surface area (Å²) in [4.78, 5) is 16.4. The molecule has 98 valence electrons. The smallest absolute Gasteiger partial charge is 0.263 e. The standard InChI is InChI=1S/C17H14N2O/c1-13-18-11-12-19(13)17(20)16-9-7-15(8-10-16)14-5-3-2-4-6-14/h2-12H,1H3. The Hall–Kier alpha value is -2.68. The first-order valence-corrected chi connectivity index (χ1v) is 6.46. The third kappa shape index (κ3) is 2.26. The second-order valence-electron chi connectivity index (χ2n) is 4.59. The summed E-state index contributed by atoms with van der Waals surface area (Å²) in [5.41, 5.74) is 2.90. The summed E-state index contributed by atoms with van der Waals surface area (Å²) in [6.07, 6.45) is 3.31. The van der Waals surface area contributed by atoms with E-state index in [4.69, 9.17) is 0 Å². The number of aromatic nitrogens is 2. The third-order valence-corrected chi connectivity index (χ3v) is 3.28. The largest absolute Gasteiger partial charge is 0.270 e. The Morgan fingerprint density at radius 1 is 0.950 bits per heavy atom. The Bertz CT molecular complexity index is 727. The van der Waals surface area contributed by atoms with Crippen LogP contribution in [0.1, 0.15) is 16.2 Å². The predicted molar refractivity (Wildman–Crippen MR) is 78.6 cm³/mol. The number of hydrogen-bond donors (Lipinski definition) is 0. The van der Waals surface area contributed by atoms with E-state index in [0.29, 0.717) is 11.4 Å². The number of hydrogen-bond acceptors (Lipinski definition) is 2. The zero-order valence-corrected chi connectivity index (χ0v) is 11.2. The molecule has 3 nitrogen and oxygen atoms in total. The van der Waals surface area contributed by atoms with Gasteiger partial charge in [0.25, 0.3) is 5.91 Å². The summed E-state index contributed by atoms with van der Waals surface area (Å²) in [7, 11) is 0. The molecule has 0 radical (unpaired) electrons. The number of nitrogens with zero attached hydrogens (tertiary/aromatic N) is 2. The summed E-state index contributed by atoms with van der Waals surface area (Å²) in [6, 6.07) is 17.7. The highest BCUT2D eigenvalue weighted by Crippen LogP contribution is 2.19. The molecule has 1 aromatic heterocycles. The van der Waals surface area contributed by atoms with Gasteiger partial charge >= 0.3 is 0 Å². The van der Waals surface area contributed by atoms with Crippen molar-refractivity contribution in [3.05, 3.63) is 78.4 Å². The predicted octanol–water partition coefficient (Wildman–Crippen LogP) is 3.55. The van der Waals surface area contributed by atoms with Gasteiger partial charge in [0.05, 0.1) is 0 Å². The van der Waals surface area contributed by atoms with Crippen LogP contribution in [0, 0.1) is 6.92 Å². The zero-order valence-electron chi connectivity index (χ0n) is 11.2. The van der Waals surface area contributed by atoms with Crippen LogP contribution in [0.15, 0.2) is 67.0 Å². The highest BCUT2D eigenvalue weighted by molar-refractivity contribution is 5.96. The lowest BCUT2D eigenvalue weighted by atomic mass is 10.0. The summed E-state index contributed by atoms with van der Waals surface area (Å²) < 4.78 is 1.55. The van der Waals surface area contributed by atoms with Crippen molar-refractivity contribution in [1.29, 1.82) is 0 Å². The fourth-order valence-corrected chi connectivity index (χ4v) is 2.17. The Kier molecular flexibility index (Phi) is 3.17. The summed E-state index contributed by atoms with van der Waals surface area (Å²) in [5.74, 6) is 0.641. The zero-order chi connectivity index (χ0) is 13.9. The molecule has 0 amide bonds. The normalized spacial score (nSPS) is 10.4.